The molecule has 3 heterocycles. The lowest BCUT2D eigenvalue weighted by Gasteiger charge is -2.44. The number of carbonyl (C=O) groups excluding carboxylic acids is 1. The van der Waals surface area contributed by atoms with Crippen molar-refractivity contribution in [3.8, 4) is 11.5 Å². The van der Waals surface area contributed by atoms with E-state index in [0.29, 0.717) is 47.7 Å². The largest absolute Gasteiger partial charge is 0.331 e. The van der Waals surface area contributed by atoms with E-state index in [1.165, 1.54) is 10.2 Å². The van der Waals surface area contributed by atoms with Gasteiger partial charge in [-0.15, -0.1) is 35.0 Å². The van der Waals surface area contributed by atoms with Crippen molar-refractivity contribution in [2.45, 2.75) is 43.7 Å². The first kappa shape index (κ1) is 29.0. The third-order valence-electron chi connectivity index (χ3n) is 8.12. The van der Waals surface area contributed by atoms with E-state index in [0.717, 1.165) is 30.7 Å². The quantitative estimate of drug-likeness (QED) is 0.385. The van der Waals surface area contributed by atoms with Gasteiger partial charge in [0, 0.05) is 48.5 Å². The van der Waals surface area contributed by atoms with Crippen LogP contribution in [0.25, 0.3) is 22.3 Å². The number of hydrogen-bond acceptors (Lipinski definition) is 6. The van der Waals surface area contributed by atoms with Gasteiger partial charge in [0.25, 0.3) is 11.5 Å². The van der Waals surface area contributed by atoms with Gasteiger partial charge in [-0.05, 0) is 49.4 Å². The molecule has 2 aromatic carbocycles. The second-order valence-corrected chi connectivity index (χ2v) is 10.5. The van der Waals surface area contributed by atoms with Crippen LogP contribution >= 0.6 is 36.4 Å². The molecule has 4 aromatic rings. The number of benzene rings is 2. The number of aromatic nitrogens is 5. The molecular weight excluding hydrogens is 561 g/mol. The number of nitrogens with two attached hydrogens (primary N) is 1. The molecule has 0 spiro atoms. The van der Waals surface area contributed by atoms with Crippen LogP contribution < -0.4 is 11.3 Å². The topological polar surface area (TPSA) is 112 Å². The maximum atomic E-state index is 13.6. The average molecular weight is 591 g/mol. The van der Waals surface area contributed by atoms with Crippen LogP contribution in [0.4, 0.5) is 0 Å². The Balaban J connectivity index is 0.00000176. The molecule has 2 N–H and O–H groups in total. The van der Waals surface area contributed by atoms with E-state index in [1.54, 1.807) is 13.1 Å². The van der Waals surface area contributed by atoms with E-state index in [4.69, 9.17) is 17.3 Å². The van der Waals surface area contributed by atoms with Gasteiger partial charge in [-0.3, -0.25) is 14.2 Å². The normalized spacial score (nSPS) is 20.7. The second-order valence-electron chi connectivity index (χ2n) is 10.0. The number of fused-ring (bicyclic) bond motifs is 2. The predicted molar refractivity (Wildman–Crippen MR) is 156 cm³/mol. The summed E-state index contributed by atoms with van der Waals surface area (Å²) in [5.41, 5.74) is 7.70. The molecule has 206 valence electrons. The Bertz CT molecular complexity index is 1580. The van der Waals surface area contributed by atoms with Gasteiger partial charge in [0.2, 0.25) is 5.82 Å². The van der Waals surface area contributed by atoms with E-state index in [2.05, 4.69) is 21.4 Å². The minimum absolute atomic E-state index is 0. The number of nitrogens with zero attached hydrogens (tertiary/aromatic N) is 6. The number of halogens is 3. The van der Waals surface area contributed by atoms with Gasteiger partial charge in [0.05, 0.1) is 5.39 Å². The molecule has 1 aliphatic carbocycles. The number of rotatable bonds is 4. The molecule has 2 aliphatic rings. The summed E-state index contributed by atoms with van der Waals surface area (Å²) in [7, 11) is 1.62. The molecule has 2 aromatic heterocycles. The molecule has 1 amide bonds. The third kappa shape index (κ3) is 4.82. The smallest absolute Gasteiger partial charge is 0.292 e. The van der Waals surface area contributed by atoms with Gasteiger partial charge in [-0.25, -0.2) is 4.68 Å². The summed E-state index contributed by atoms with van der Waals surface area (Å²) in [5, 5.41) is 15.1. The summed E-state index contributed by atoms with van der Waals surface area (Å²) in [6.45, 7) is 1.68. The van der Waals surface area contributed by atoms with Crippen molar-refractivity contribution in [1.29, 1.82) is 0 Å². The monoisotopic (exact) mass is 589 g/mol. The minimum Gasteiger partial charge on any atom is -0.331 e. The Hall–Kier alpha value is -2.98. The van der Waals surface area contributed by atoms with Gasteiger partial charge in [-0.2, -0.15) is 5.10 Å². The van der Waals surface area contributed by atoms with Crippen molar-refractivity contribution in [3.63, 3.8) is 0 Å². The molecular formula is C27H30Cl3N7O2. The Labute approximate surface area is 243 Å². The Morgan fingerprint density at radius 2 is 1.67 bits per heavy atom. The average Bonchev–Trinajstić information content (AvgIpc) is 3.36. The zero-order chi connectivity index (χ0) is 25.7. The van der Waals surface area contributed by atoms with Crippen molar-refractivity contribution < 1.29 is 4.79 Å². The van der Waals surface area contributed by atoms with Crippen molar-refractivity contribution in [2.75, 3.05) is 13.1 Å². The zero-order valence-electron chi connectivity index (χ0n) is 21.4. The number of hydrogen-bond donors (Lipinski definition) is 1. The highest BCUT2D eigenvalue weighted by Gasteiger charge is 2.41. The molecule has 39 heavy (non-hydrogen) atoms. The minimum atomic E-state index is -0.177. The van der Waals surface area contributed by atoms with Crippen LogP contribution in [-0.4, -0.2) is 54.5 Å². The third-order valence-corrected chi connectivity index (χ3v) is 8.35. The summed E-state index contributed by atoms with van der Waals surface area (Å²) in [6.07, 6.45) is 3.52. The maximum absolute atomic E-state index is 13.6. The fourth-order valence-electron chi connectivity index (χ4n) is 6.00. The predicted octanol–water partition coefficient (Wildman–Crippen LogP) is 3.98. The Morgan fingerprint density at radius 3 is 2.36 bits per heavy atom. The fraction of sp³-hybridized carbons (Fsp3) is 0.370. The molecule has 0 radical (unpaired) electrons. The summed E-state index contributed by atoms with van der Waals surface area (Å²) in [5.74, 6) is 0.695. The second kappa shape index (κ2) is 11.3. The zero-order valence-corrected chi connectivity index (χ0v) is 23.8. The highest BCUT2D eigenvalue weighted by Crippen LogP contribution is 2.41. The van der Waals surface area contributed by atoms with Crippen LogP contribution in [0.2, 0.25) is 5.02 Å². The lowest BCUT2D eigenvalue weighted by Crippen LogP contribution is -2.50. The lowest BCUT2D eigenvalue weighted by molar-refractivity contribution is 0.0523. The van der Waals surface area contributed by atoms with Crippen LogP contribution in [0.1, 0.15) is 41.9 Å². The highest BCUT2D eigenvalue weighted by molar-refractivity contribution is 6.30. The van der Waals surface area contributed by atoms with E-state index >= 15 is 0 Å². The van der Waals surface area contributed by atoms with Crippen LogP contribution in [0.5, 0.6) is 0 Å². The van der Waals surface area contributed by atoms with Crippen molar-refractivity contribution in [2.24, 2.45) is 12.8 Å². The molecule has 12 heteroatoms. The molecule has 1 saturated carbocycles. The molecule has 0 unspecified atom stereocenters. The first-order valence-corrected chi connectivity index (χ1v) is 13.0. The molecule has 1 aliphatic heterocycles. The highest BCUT2D eigenvalue weighted by atomic mass is 35.5. The Morgan fingerprint density at radius 1 is 0.974 bits per heavy atom. The number of aryl methyl sites for hydroxylation is 1. The maximum Gasteiger partial charge on any atom is 0.292 e. The van der Waals surface area contributed by atoms with Gasteiger partial charge < -0.3 is 10.6 Å². The van der Waals surface area contributed by atoms with Crippen molar-refractivity contribution in [3.05, 3.63) is 75.3 Å². The first-order chi connectivity index (χ1) is 17.9. The number of carbonyl (C=O) groups is 1. The standard InChI is InChI=1S/C27H28ClN7O2.2ClH/c1-33-25(36)21-8-3-2-7-20(21)22(32-33)23-30-31-24-26(37)34(13-14-35(23)24)19-9-11-27(16-29,12-10-19)17-5-4-6-18(28)15-17;;/h2-8,15,19H,9-14,16,29H2,1H3;2*1H/t19-,27+;;. The molecule has 9 nitrogen and oxygen atoms in total. The van der Waals surface area contributed by atoms with Crippen LogP contribution in [-0.2, 0) is 19.0 Å². The Kier molecular flexibility index (Phi) is 8.37. The molecule has 1 fully saturated rings. The van der Waals surface area contributed by atoms with Gasteiger partial charge in [0.1, 0.15) is 5.69 Å². The summed E-state index contributed by atoms with van der Waals surface area (Å²) in [6, 6.07) is 15.4. The van der Waals surface area contributed by atoms with Crippen molar-refractivity contribution in [1.82, 2.24) is 29.4 Å². The SMILES string of the molecule is Cl.Cl.Cn1nc(-c2nnc3n2CCN([C@H]2CC[C@@](CN)(c4cccc(Cl)c4)CC2)C3=O)c2ccccc2c1=O. The van der Waals surface area contributed by atoms with Crippen LogP contribution in [0.15, 0.2) is 53.3 Å². The lowest BCUT2D eigenvalue weighted by atomic mass is 9.68. The van der Waals surface area contributed by atoms with Crippen LogP contribution in [0, 0.1) is 0 Å². The summed E-state index contributed by atoms with van der Waals surface area (Å²) < 4.78 is 3.14. The van der Waals surface area contributed by atoms with E-state index < -0.39 is 0 Å². The van der Waals surface area contributed by atoms with E-state index in [-0.39, 0.29) is 47.7 Å². The molecule has 6 rings (SSSR count). The molecule has 0 bridgehead atoms. The summed E-state index contributed by atoms with van der Waals surface area (Å²) in [4.78, 5) is 28.1. The van der Waals surface area contributed by atoms with Gasteiger partial charge >= 0.3 is 0 Å². The molecule has 0 atom stereocenters. The van der Waals surface area contributed by atoms with E-state index in [1.807, 2.05) is 45.9 Å². The van der Waals surface area contributed by atoms with E-state index in [9.17, 15) is 9.59 Å². The van der Waals surface area contributed by atoms with Crippen LogP contribution in [0.3, 0.4) is 0 Å². The van der Waals surface area contributed by atoms with Gasteiger partial charge in [0.15, 0.2) is 5.82 Å². The van der Waals surface area contributed by atoms with Gasteiger partial charge in [-0.1, -0.05) is 41.9 Å². The molecule has 0 saturated heterocycles. The fourth-order valence-corrected chi connectivity index (χ4v) is 6.19. The van der Waals surface area contributed by atoms with Crippen molar-refractivity contribution >= 4 is 53.1 Å². The first-order valence-electron chi connectivity index (χ1n) is 12.6. The summed E-state index contributed by atoms with van der Waals surface area (Å²) >= 11 is 6.27. The number of amides is 1.